The molecule has 0 amide bonds. The lowest BCUT2D eigenvalue weighted by Crippen LogP contribution is -1.93. The molecule has 1 fully saturated rings. The molecule has 0 aliphatic carbocycles. The van der Waals surface area contributed by atoms with Gasteiger partial charge in [0.05, 0.1) is 13.2 Å². The standard InChI is InChI=1S/C12H12ClO2/c13-11-6-4-10(5-7-11)2-1-3-12-14-8-9-15-12/h1-2,4-7H,3,8-9H2. The summed E-state index contributed by atoms with van der Waals surface area (Å²) in [7, 11) is 0. The van der Waals surface area contributed by atoms with Crippen LogP contribution in [0.2, 0.25) is 5.02 Å². The highest BCUT2D eigenvalue weighted by Crippen LogP contribution is 2.17. The van der Waals surface area contributed by atoms with Gasteiger partial charge in [-0.05, 0) is 17.7 Å². The van der Waals surface area contributed by atoms with Gasteiger partial charge in [-0.3, -0.25) is 0 Å². The Labute approximate surface area is 94.5 Å². The number of ether oxygens (including phenoxy) is 2. The molecule has 0 atom stereocenters. The molecule has 0 N–H and O–H groups in total. The van der Waals surface area contributed by atoms with Gasteiger partial charge in [-0.1, -0.05) is 35.9 Å². The highest BCUT2D eigenvalue weighted by Gasteiger charge is 2.15. The molecule has 2 rings (SSSR count). The highest BCUT2D eigenvalue weighted by molar-refractivity contribution is 6.30. The van der Waals surface area contributed by atoms with Gasteiger partial charge in [0.1, 0.15) is 0 Å². The molecule has 0 unspecified atom stereocenters. The number of hydrogen-bond donors (Lipinski definition) is 0. The topological polar surface area (TPSA) is 18.5 Å². The maximum Gasteiger partial charge on any atom is 0.227 e. The van der Waals surface area contributed by atoms with E-state index in [4.69, 9.17) is 21.1 Å². The first-order valence-corrected chi connectivity index (χ1v) is 5.26. The molecule has 0 spiro atoms. The molecule has 1 radical (unpaired) electrons. The summed E-state index contributed by atoms with van der Waals surface area (Å²) in [6, 6.07) is 7.69. The van der Waals surface area contributed by atoms with Crippen LogP contribution >= 0.6 is 11.6 Å². The van der Waals surface area contributed by atoms with Gasteiger partial charge >= 0.3 is 0 Å². The van der Waals surface area contributed by atoms with E-state index in [0.29, 0.717) is 25.9 Å². The van der Waals surface area contributed by atoms with Crippen molar-refractivity contribution in [2.24, 2.45) is 0 Å². The summed E-state index contributed by atoms with van der Waals surface area (Å²) >= 11 is 5.78. The zero-order valence-electron chi connectivity index (χ0n) is 8.28. The lowest BCUT2D eigenvalue weighted by molar-refractivity contribution is 0.0736. The van der Waals surface area contributed by atoms with Crippen molar-refractivity contribution in [2.45, 2.75) is 6.42 Å². The molecule has 1 aliphatic rings. The van der Waals surface area contributed by atoms with Crippen molar-refractivity contribution < 1.29 is 9.47 Å². The van der Waals surface area contributed by atoms with Crippen molar-refractivity contribution in [1.29, 1.82) is 0 Å². The lowest BCUT2D eigenvalue weighted by atomic mass is 10.2. The quantitative estimate of drug-likeness (QED) is 0.783. The first-order chi connectivity index (χ1) is 7.34. The summed E-state index contributed by atoms with van der Waals surface area (Å²) in [4.78, 5) is 0. The molecule has 3 heteroatoms. The summed E-state index contributed by atoms with van der Waals surface area (Å²) in [6.45, 7) is 1.34. The Bertz CT molecular complexity index is 326. The molecule has 79 valence electrons. The fourth-order valence-corrected chi connectivity index (χ4v) is 1.46. The minimum absolute atomic E-state index is 0.671. The van der Waals surface area contributed by atoms with Crippen LogP contribution in [0.3, 0.4) is 0 Å². The van der Waals surface area contributed by atoms with E-state index in [2.05, 4.69) is 0 Å². The predicted octanol–water partition coefficient (Wildman–Crippen LogP) is 3.28. The number of benzene rings is 1. The van der Waals surface area contributed by atoms with Crippen molar-refractivity contribution in [2.75, 3.05) is 13.2 Å². The first kappa shape index (κ1) is 10.7. The Balaban J connectivity index is 1.85. The van der Waals surface area contributed by atoms with Gasteiger partial charge in [-0.25, -0.2) is 0 Å². The van der Waals surface area contributed by atoms with Crippen LogP contribution < -0.4 is 0 Å². The normalized spacial score (nSPS) is 17.7. The summed E-state index contributed by atoms with van der Waals surface area (Å²) < 4.78 is 10.5. The van der Waals surface area contributed by atoms with Crippen LogP contribution in [0.15, 0.2) is 30.3 Å². The molecular weight excluding hydrogens is 212 g/mol. The fraction of sp³-hybridized carbons (Fsp3) is 0.250. The van der Waals surface area contributed by atoms with Crippen LogP contribution in [0.1, 0.15) is 12.0 Å². The van der Waals surface area contributed by atoms with Crippen LogP contribution in [0.4, 0.5) is 0 Å². The van der Waals surface area contributed by atoms with Crippen LogP contribution in [0.25, 0.3) is 6.08 Å². The first-order valence-electron chi connectivity index (χ1n) is 4.88. The average Bonchev–Trinajstić information content (AvgIpc) is 2.74. The Morgan fingerprint density at radius 2 is 1.80 bits per heavy atom. The van der Waals surface area contributed by atoms with E-state index in [-0.39, 0.29) is 0 Å². The summed E-state index contributed by atoms with van der Waals surface area (Å²) in [5.41, 5.74) is 1.12. The molecule has 0 bridgehead atoms. The van der Waals surface area contributed by atoms with E-state index >= 15 is 0 Å². The third kappa shape index (κ3) is 3.34. The summed E-state index contributed by atoms with van der Waals surface area (Å²) in [5.74, 6) is 0. The van der Waals surface area contributed by atoms with Crippen molar-refractivity contribution in [3.05, 3.63) is 47.2 Å². The third-order valence-corrected chi connectivity index (χ3v) is 2.33. The molecule has 2 nitrogen and oxygen atoms in total. The van der Waals surface area contributed by atoms with E-state index in [1.54, 1.807) is 0 Å². The second kappa shape index (κ2) is 5.31. The largest absolute Gasteiger partial charge is 0.343 e. The van der Waals surface area contributed by atoms with Gasteiger partial charge in [0, 0.05) is 11.4 Å². The SMILES string of the molecule is Clc1ccc(C=CC[C]2OCCO2)cc1. The van der Waals surface area contributed by atoms with Crippen LogP contribution in [-0.4, -0.2) is 13.2 Å². The molecule has 0 aromatic heterocycles. The van der Waals surface area contributed by atoms with Gasteiger partial charge in [-0.15, -0.1) is 0 Å². The van der Waals surface area contributed by atoms with Crippen LogP contribution in [0, 0.1) is 6.29 Å². The van der Waals surface area contributed by atoms with Crippen molar-refractivity contribution in [3.8, 4) is 0 Å². The molecule has 0 saturated carbocycles. The predicted molar refractivity (Wildman–Crippen MR) is 60.3 cm³/mol. The van der Waals surface area contributed by atoms with E-state index in [9.17, 15) is 0 Å². The Morgan fingerprint density at radius 1 is 1.13 bits per heavy atom. The number of rotatable bonds is 3. The van der Waals surface area contributed by atoms with E-state index in [1.807, 2.05) is 36.4 Å². The minimum atomic E-state index is 0.671. The van der Waals surface area contributed by atoms with Gasteiger partial charge in [0.2, 0.25) is 6.29 Å². The minimum Gasteiger partial charge on any atom is -0.343 e. The maximum atomic E-state index is 5.78. The van der Waals surface area contributed by atoms with Gasteiger partial charge < -0.3 is 9.47 Å². The number of halogens is 1. The average molecular weight is 224 g/mol. The van der Waals surface area contributed by atoms with Crippen LogP contribution in [-0.2, 0) is 9.47 Å². The summed E-state index contributed by atoms with van der Waals surface area (Å²) in [6.07, 6.45) is 5.46. The van der Waals surface area contributed by atoms with Crippen LogP contribution in [0.5, 0.6) is 0 Å². The monoisotopic (exact) mass is 223 g/mol. The zero-order chi connectivity index (χ0) is 10.5. The van der Waals surface area contributed by atoms with Crippen molar-refractivity contribution >= 4 is 17.7 Å². The lowest BCUT2D eigenvalue weighted by Gasteiger charge is -2.01. The smallest absolute Gasteiger partial charge is 0.227 e. The van der Waals surface area contributed by atoms with E-state index in [0.717, 1.165) is 10.6 Å². The van der Waals surface area contributed by atoms with E-state index < -0.39 is 0 Å². The zero-order valence-corrected chi connectivity index (χ0v) is 9.04. The van der Waals surface area contributed by atoms with Crippen molar-refractivity contribution in [3.63, 3.8) is 0 Å². The van der Waals surface area contributed by atoms with E-state index in [1.165, 1.54) is 0 Å². The molecule has 15 heavy (non-hydrogen) atoms. The third-order valence-electron chi connectivity index (χ3n) is 2.07. The molecule has 1 aromatic carbocycles. The second-order valence-electron chi connectivity index (χ2n) is 3.23. The fourth-order valence-electron chi connectivity index (χ4n) is 1.34. The molecular formula is C12H12ClO2. The molecule has 1 saturated heterocycles. The Morgan fingerprint density at radius 3 is 2.47 bits per heavy atom. The van der Waals surface area contributed by atoms with Gasteiger partial charge in [0.25, 0.3) is 0 Å². The van der Waals surface area contributed by atoms with Gasteiger partial charge in [-0.2, -0.15) is 0 Å². The summed E-state index contributed by atoms with van der Waals surface area (Å²) in [5, 5.41) is 0.754. The highest BCUT2D eigenvalue weighted by atomic mass is 35.5. The number of hydrogen-bond acceptors (Lipinski definition) is 2. The molecule has 1 aromatic rings. The maximum absolute atomic E-state index is 5.78. The Hall–Kier alpha value is -0.830. The van der Waals surface area contributed by atoms with Crippen molar-refractivity contribution in [1.82, 2.24) is 0 Å². The Kier molecular flexibility index (Phi) is 3.78. The molecule has 1 heterocycles. The second-order valence-corrected chi connectivity index (χ2v) is 3.66. The molecule has 1 aliphatic heterocycles. The van der Waals surface area contributed by atoms with Gasteiger partial charge in [0.15, 0.2) is 0 Å².